The third-order valence-corrected chi connectivity index (χ3v) is 2.10. The predicted molar refractivity (Wildman–Crippen MR) is 64.2 cm³/mol. The van der Waals surface area contributed by atoms with Crippen molar-refractivity contribution in [2.45, 2.75) is 33.5 Å². The van der Waals surface area contributed by atoms with Crippen LogP contribution in [0.1, 0.15) is 25.0 Å². The van der Waals surface area contributed by atoms with Crippen LogP contribution in [0.5, 0.6) is 5.75 Å². The fourth-order valence-corrected chi connectivity index (χ4v) is 1.44. The summed E-state index contributed by atoms with van der Waals surface area (Å²) in [6.45, 7) is 5.93. The first-order valence-electron chi connectivity index (χ1n) is 5.54. The van der Waals surface area contributed by atoms with Crippen molar-refractivity contribution in [1.82, 2.24) is 0 Å². The number of hydrogen-bond acceptors (Lipinski definition) is 3. The summed E-state index contributed by atoms with van der Waals surface area (Å²) in [5, 5.41) is 8.44. The highest BCUT2D eigenvalue weighted by Gasteiger charge is 2.04. The maximum Gasteiger partial charge on any atom is 0.329 e. The smallest absolute Gasteiger partial charge is 0.329 e. The van der Waals surface area contributed by atoms with E-state index in [9.17, 15) is 4.79 Å². The van der Waals surface area contributed by atoms with Gasteiger partial charge in [-0.3, -0.25) is 0 Å². The molecule has 0 fully saturated rings. The summed E-state index contributed by atoms with van der Waals surface area (Å²) in [6, 6.07) is 5.71. The topological polar surface area (TPSA) is 55.8 Å². The minimum absolute atomic E-state index is 0.141. The predicted octanol–water partition coefficient (Wildman–Crippen LogP) is 2.38. The molecular formula is C13H18O4. The third-order valence-electron chi connectivity index (χ3n) is 2.10. The molecule has 0 aliphatic carbocycles. The summed E-state index contributed by atoms with van der Waals surface area (Å²) < 4.78 is 10.6. The van der Waals surface area contributed by atoms with Crippen LogP contribution in [-0.4, -0.2) is 23.8 Å². The number of carbonyl (C=O) groups is 1. The summed E-state index contributed by atoms with van der Waals surface area (Å²) in [5.74, 6) is -0.108. The van der Waals surface area contributed by atoms with Gasteiger partial charge in [-0.1, -0.05) is 12.1 Å². The molecule has 1 rings (SSSR count). The van der Waals surface area contributed by atoms with E-state index in [2.05, 4.69) is 0 Å². The van der Waals surface area contributed by atoms with Gasteiger partial charge in [0.15, 0.2) is 0 Å². The van der Waals surface area contributed by atoms with E-state index >= 15 is 0 Å². The van der Waals surface area contributed by atoms with Gasteiger partial charge in [-0.15, -0.1) is 0 Å². The van der Waals surface area contributed by atoms with E-state index < -0.39 is 5.97 Å². The second-order valence-electron chi connectivity index (χ2n) is 4.15. The molecule has 94 valence electrons. The zero-order valence-electron chi connectivity index (χ0n) is 10.4. The van der Waals surface area contributed by atoms with Crippen LogP contribution >= 0.6 is 0 Å². The van der Waals surface area contributed by atoms with Gasteiger partial charge in [0.25, 0.3) is 0 Å². The first-order chi connectivity index (χ1) is 7.99. The highest BCUT2D eigenvalue weighted by Crippen LogP contribution is 2.20. The second kappa shape index (κ2) is 6.25. The molecule has 0 unspecified atom stereocenters. The molecular weight excluding hydrogens is 220 g/mol. The molecule has 0 saturated heterocycles. The average molecular weight is 238 g/mol. The fraction of sp³-hybridized carbons (Fsp3) is 0.462. The van der Waals surface area contributed by atoms with Gasteiger partial charge >= 0.3 is 5.97 Å². The third kappa shape index (κ3) is 4.87. The van der Waals surface area contributed by atoms with Crippen molar-refractivity contribution in [3.05, 3.63) is 29.3 Å². The molecule has 0 bridgehead atoms. The second-order valence-corrected chi connectivity index (χ2v) is 4.15. The number of hydrogen-bond donors (Lipinski definition) is 1. The largest absolute Gasteiger partial charge is 0.491 e. The Morgan fingerprint density at radius 3 is 2.65 bits per heavy atom. The first kappa shape index (κ1) is 13.5. The molecule has 0 heterocycles. The van der Waals surface area contributed by atoms with Crippen LogP contribution in [-0.2, 0) is 16.1 Å². The monoisotopic (exact) mass is 238 g/mol. The van der Waals surface area contributed by atoms with Crippen LogP contribution in [0.15, 0.2) is 18.2 Å². The lowest BCUT2D eigenvalue weighted by Crippen LogP contribution is -2.08. The van der Waals surface area contributed by atoms with Gasteiger partial charge in [0.05, 0.1) is 12.7 Å². The summed E-state index contributed by atoms with van der Waals surface area (Å²) in [4.78, 5) is 10.3. The van der Waals surface area contributed by atoms with Gasteiger partial charge in [-0.05, 0) is 38.0 Å². The number of aliphatic carboxylic acids is 1. The SMILES string of the molecule is Cc1cc(COCC(=O)O)ccc1OC(C)C. The number of benzene rings is 1. The molecule has 0 spiro atoms. The summed E-state index contributed by atoms with van der Waals surface area (Å²) >= 11 is 0. The molecule has 4 heteroatoms. The molecule has 1 aromatic carbocycles. The molecule has 0 radical (unpaired) electrons. The van der Waals surface area contributed by atoms with Crippen molar-refractivity contribution in [3.63, 3.8) is 0 Å². The van der Waals surface area contributed by atoms with Crippen molar-refractivity contribution < 1.29 is 19.4 Å². The summed E-state index contributed by atoms with van der Waals surface area (Å²) in [7, 11) is 0. The van der Waals surface area contributed by atoms with E-state index in [0.29, 0.717) is 6.61 Å². The number of rotatable bonds is 6. The number of aryl methyl sites for hydroxylation is 1. The molecule has 0 atom stereocenters. The normalized spacial score (nSPS) is 10.6. The average Bonchev–Trinajstić information content (AvgIpc) is 2.21. The van der Waals surface area contributed by atoms with Crippen LogP contribution in [0.3, 0.4) is 0 Å². The molecule has 1 N–H and O–H groups in total. The van der Waals surface area contributed by atoms with E-state index in [1.54, 1.807) is 0 Å². The Morgan fingerprint density at radius 1 is 1.41 bits per heavy atom. The van der Waals surface area contributed by atoms with Crippen LogP contribution < -0.4 is 4.74 Å². The summed E-state index contributed by atoms with van der Waals surface area (Å²) in [6.07, 6.45) is 0.141. The van der Waals surface area contributed by atoms with Crippen LogP contribution in [0.2, 0.25) is 0 Å². The van der Waals surface area contributed by atoms with Crippen molar-refractivity contribution in [3.8, 4) is 5.75 Å². The van der Waals surface area contributed by atoms with Gasteiger partial charge in [-0.25, -0.2) is 4.79 Å². The van der Waals surface area contributed by atoms with Crippen LogP contribution in [0.25, 0.3) is 0 Å². The molecule has 0 amide bonds. The molecule has 0 saturated carbocycles. The Hall–Kier alpha value is -1.55. The van der Waals surface area contributed by atoms with Gasteiger partial charge in [0.1, 0.15) is 12.4 Å². The fourth-order valence-electron chi connectivity index (χ4n) is 1.44. The molecule has 0 aliphatic heterocycles. The van der Waals surface area contributed by atoms with Gasteiger partial charge in [-0.2, -0.15) is 0 Å². The van der Waals surface area contributed by atoms with Crippen molar-refractivity contribution >= 4 is 5.97 Å². The molecule has 0 aliphatic rings. The first-order valence-corrected chi connectivity index (χ1v) is 5.54. The Balaban J connectivity index is 2.59. The van der Waals surface area contributed by atoms with Crippen molar-refractivity contribution in [2.75, 3.05) is 6.61 Å². The Kier molecular flexibility index (Phi) is 4.97. The van der Waals surface area contributed by atoms with Gasteiger partial charge < -0.3 is 14.6 Å². The van der Waals surface area contributed by atoms with E-state index in [1.807, 2.05) is 39.0 Å². The standard InChI is InChI=1S/C13H18O4/c1-9(2)17-12-5-4-11(6-10(12)3)7-16-8-13(14)15/h4-6,9H,7-8H2,1-3H3,(H,14,15). The van der Waals surface area contributed by atoms with E-state index in [1.165, 1.54) is 0 Å². The lowest BCUT2D eigenvalue weighted by Gasteiger charge is -2.13. The number of carboxylic acids is 1. The Morgan fingerprint density at radius 2 is 2.12 bits per heavy atom. The maximum absolute atomic E-state index is 10.3. The van der Waals surface area contributed by atoms with Crippen LogP contribution in [0.4, 0.5) is 0 Å². The molecule has 17 heavy (non-hydrogen) atoms. The zero-order chi connectivity index (χ0) is 12.8. The summed E-state index contributed by atoms with van der Waals surface area (Å²) in [5.41, 5.74) is 1.97. The van der Waals surface area contributed by atoms with Gasteiger partial charge in [0.2, 0.25) is 0 Å². The minimum atomic E-state index is -0.957. The van der Waals surface area contributed by atoms with Crippen LogP contribution in [0, 0.1) is 6.92 Å². The van der Waals surface area contributed by atoms with E-state index in [4.69, 9.17) is 14.6 Å². The minimum Gasteiger partial charge on any atom is -0.491 e. The Labute approximate surface area is 101 Å². The Bertz CT molecular complexity index is 385. The lowest BCUT2D eigenvalue weighted by molar-refractivity contribution is -0.142. The molecule has 1 aromatic rings. The molecule has 0 aromatic heterocycles. The maximum atomic E-state index is 10.3. The highest BCUT2D eigenvalue weighted by molar-refractivity contribution is 5.67. The van der Waals surface area contributed by atoms with Crippen molar-refractivity contribution in [1.29, 1.82) is 0 Å². The molecule has 4 nitrogen and oxygen atoms in total. The van der Waals surface area contributed by atoms with E-state index in [0.717, 1.165) is 16.9 Å². The highest BCUT2D eigenvalue weighted by atomic mass is 16.5. The number of ether oxygens (including phenoxy) is 2. The van der Waals surface area contributed by atoms with Gasteiger partial charge in [0, 0.05) is 0 Å². The number of carboxylic acid groups (broad SMARTS) is 1. The quantitative estimate of drug-likeness (QED) is 0.826. The van der Waals surface area contributed by atoms with E-state index in [-0.39, 0.29) is 12.7 Å². The lowest BCUT2D eigenvalue weighted by atomic mass is 10.1. The zero-order valence-corrected chi connectivity index (χ0v) is 10.4. The van der Waals surface area contributed by atoms with Crippen molar-refractivity contribution in [2.24, 2.45) is 0 Å².